The molecule has 2 aromatic carbocycles. The molecule has 3 heteroatoms. The molecule has 18 heavy (non-hydrogen) atoms. The molecule has 0 heterocycles. The number of hydrogen-bond acceptors (Lipinski definition) is 1. The fourth-order valence-corrected chi connectivity index (χ4v) is 2.33. The van der Waals surface area contributed by atoms with Crippen molar-refractivity contribution >= 4 is 15.9 Å². The van der Waals surface area contributed by atoms with Gasteiger partial charge in [0.25, 0.3) is 0 Å². The topological polar surface area (TPSA) is 12.0 Å². The number of nitrogens with one attached hydrogen (secondary N) is 1. The lowest BCUT2D eigenvalue weighted by Gasteiger charge is -2.19. The third-order valence-electron chi connectivity index (χ3n) is 2.81. The Morgan fingerprint density at radius 2 is 1.89 bits per heavy atom. The van der Waals surface area contributed by atoms with Crippen molar-refractivity contribution in [3.63, 3.8) is 0 Å². The van der Waals surface area contributed by atoms with E-state index >= 15 is 0 Å². The summed E-state index contributed by atoms with van der Waals surface area (Å²) in [7, 11) is 0. The molecule has 0 aliphatic rings. The van der Waals surface area contributed by atoms with E-state index in [0.717, 1.165) is 16.6 Å². The van der Waals surface area contributed by atoms with Crippen LogP contribution in [0.3, 0.4) is 0 Å². The lowest BCUT2D eigenvalue weighted by atomic mass is 9.98. The Hall–Kier alpha value is -1.19. The van der Waals surface area contributed by atoms with Crippen LogP contribution in [0.15, 0.2) is 53.0 Å². The van der Waals surface area contributed by atoms with Crippen molar-refractivity contribution in [1.82, 2.24) is 5.32 Å². The zero-order valence-corrected chi connectivity index (χ0v) is 11.7. The molecule has 0 bridgehead atoms. The summed E-state index contributed by atoms with van der Waals surface area (Å²) in [6, 6.07) is 15.0. The van der Waals surface area contributed by atoms with Crippen molar-refractivity contribution in [3.05, 3.63) is 69.9 Å². The van der Waals surface area contributed by atoms with Crippen LogP contribution >= 0.6 is 15.9 Å². The van der Waals surface area contributed by atoms with E-state index in [0.29, 0.717) is 5.56 Å². The average Bonchev–Trinajstić information content (AvgIpc) is 2.38. The summed E-state index contributed by atoms with van der Waals surface area (Å²) in [5.74, 6) is -0.195. The summed E-state index contributed by atoms with van der Waals surface area (Å²) < 4.78 is 14.8. The van der Waals surface area contributed by atoms with Gasteiger partial charge < -0.3 is 5.32 Å². The number of benzene rings is 2. The molecule has 94 valence electrons. The molecule has 0 aromatic heterocycles. The molecule has 0 spiro atoms. The summed E-state index contributed by atoms with van der Waals surface area (Å²) in [4.78, 5) is 0. The van der Waals surface area contributed by atoms with Gasteiger partial charge in [-0.2, -0.15) is 0 Å². The standard InChI is InChI=1S/C15H15BrFN/c1-2-18-15(11-6-4-3-5-7-11)13-9-8-12(16)10-14(13)17/h3-10,15,18H,2H2,1H3. The first kappa shape index (κ1) is 13.2. The van der Waals surface area contributed by atoms with Gasteiger partial charge in [-0.05, 0) is 24.2 Å². The molecule has 0 saturated carbocycles. The molecular formula is C15H15BrFN. The number of halogens is 2. The van der Waals surface area contributed by atoms with E-state index in [1.165, 1.54) is 6.07 Å². The van der Waals surface area contributed by atoms with Gasteiger partial charge in [-0.1, -0.05) is 59.3 Å². The van der Waals surface area contributed by atoms with Crippen LogP contribution < -0.4 is 5.32 Å². The highest BCUT2D eigenvalue weighted by molar-refractivity contribution is 9.10. The Balaban J connectivity index is 2.41. The minimum absolute atomic E-state index is 0.107. The second-order valence-corrected chi connectivity index (χ2v) is 4.98. The SMILES string of the molecule is CCNC(c1ccccc1)c1ccc(Br)cc1F. The van der Waals surface area contributed by atoms with Crippen LogP contribution in [0.1, 0.15) is 24.1 Å². The molecule has 0 aliphatic heterocycles. The van der Waals surface area contributed by atoms with Gasteiger partial charge in [-0.25, -0.2) is 4.39 Å². The van der Waals surface area contributed by atoms with Crippen LogP contribution in [0.2, 0.25) is 0 Å². The first-order valence-electron chi connectivity index (χ1n) is 5.95. The van der Waals surface area contributed by atoms with Crippen molar-refractivity contribution < 1.29 is 4.39 Å². The molecule has 0 saturated heterocycles. The van der Waals surface area contributed by atoms with E-state index in [9.17, 15) is 4.39 Å². The molecular weight excluding hydrogens is 293 g/mol. The molecule has 1 unspecified atom stereocenters. The number of hydrogen-bond donors (Lipinski definition) is 1. The fraction of sp³-hybridized carbons (Fsp3) is 0.200. The Bertz CT molecular complexity index is 513. The van der Waals surface area contributed by atoms with Crippen LogP contribution in [0.25, 0.3) is 0 Å². The van der Waals surface area contributed by atoms with Crippen molar-refractivity contribution in [2.75, 3.05) is 6.54 Å². The van der Waals surface area contributed by atoms with E-state index in [2.05, 4.69) is 21.2 Å². The van der Waals surface area contributed by atoms with E-state index in [4.69, 9.17) is 0 Å². The Kier molecular flexibility index (Phi) is 4.50. The third kappa shape index (κ3) is 2.98. The van der Waals surface area contributed by atoms with E-state index in [1.807, 2.05) is 49.4 Å². The second kappa shape index (κ2) is 6.12. The zero-order valence-electron chi connectivity index (χ0n) is 10.2. The molecule has 1 atom stereocenters. The molecule has 2 aromatic rings. The lowest BCUT2D eigenvalue weighted by molar-refractivity contribution is 0.558. The third-order valence-corrected chi connectivity index (χ3v) is 3.31. The van der Waals surface area contributed by atoms with Gasteiger partial charge >= 0.3 is 0 Å². The Morgan fingerprint density at radius 3 is 2.50 bits per heavy atom. The summed E-state index contributed by atoms with van der Waals surface area (Å²) >= 11 is 3.28. The Labute approximate surface area is 115 Å². The summed E-state index contributed by atoms with van der Waals surface area (Å²) in [6.07, 6.45) is 0. The molecule has 0 amide bonds. The predicted octanol–water partition coefficient (Wildman–Crippen LogP) is 4.29. The monoisotopic (exact) mass is 307 g/mol. The summed E-state index contributed by atoms with van der Waals surface area (Å²) in [5.41, 5.74) is 1.74. The quantitative estimate of drug-likeness (QED) is 0.888. The minimum atomic E-state index is -0.195. The summed E-state index contributed by atoms with van der Waals surface area (Å²) in [6.45, 7) is 2.81. The van der Waals surface area contributed by atoms with Crippen LogP contribution in [-0.2, 0) is 0 Å². The van der Waals surface area contributed by atoms with E-state index in [-0.39, 0.29) is 11.9 Å². The molecule has 0 aliphatic carbocycles. The van der Waals surface area contributed by atoms with Crippen LogP contribution in [0.5, 0.6) is 0 Å². The van der Waals surface area contributed by atoms with Crippen LogP contribution in [0.4, 0.5) is 4.39 Å². The average molecular weight is 308 g/mol. The highest BCUT2D eigenvalue weighted by Crippen LogP contribution is 2.26. The first-order chi connectivity index (χ1) is 8.72. The number of rotatable bonds is 4. The molecule has 0 fully saturated rings. The maximum Gasteiger partial charge on any atom is 0.129 e. The van der Waals surface area contributed by atoms with Gasteiger partial charge in [-0.3, -0.25) is 0 Å². The predicted molar refractivity (Wildman–Crippen MR) is 76.1 cm³/mol. The Morgan fingerprint density at radius 1 is 1.17 bits per heavy atom. The highest BCUT2D eigenvalue weighted by atomic mass is 79.9. The van der Waals surface area contributed by atoms with Gasteiger partial charge in [0.05, 0.1) is 6.04 Å². The van der Waals surface area contributed by atoms with Gasteiger partial charge in [-0.15, -0.1) is 0 Å². The van der Waals surface area contributed by atoms with Gasteiger partial charge in [0.2, 0.25) is 0 Å². The van der Waals surface area contributed by atoms with Gasteiger partial charge in [0.1, 0.15) is 5.82 Å². The van der Waals surface area contributed by atoms with Gasteiger partial charge in [0, 0.05) is 10.0 Å². The maximum atomic E-state index is 14.0. The van der Waals surface area contributed by atoms with Crippen molar-refractivity contribution in [2.45, 2.75) is 13.0 Å². The second-order valence-electron chi connectivity index (χ2n) is 4.07. The molecule has 1 N–H and O–H groups in total. The zero-order chi connectivity index (χ0) is 13.0. The van der Waals surface area contributed by atoms with E-state index < -0.39 is 0 Å². The fourth-order valence-electron chi connectivity index (χ4n) is 1.99. The van der Waals surface area contributed by atoms with Crippen LogP contribution in [-0.4, -0.2) is 6.54 Å². The molecule has 0 radical (unpaired) electrons. The lowest BCUT2D eigenvalue weighted by Crippen LogP contribution is -2.22. The van der Waals surface area contributed by atoms with Crippen molar-refractivity contribution in [1.29, 1.82) is 0 Å². The van der Waals surface area contributed by atoms with Gasteiger partial charge in [0.15, 0.2) is 0 Å². The minimum Gasteiger partial charge on any atom is -0.306 e. The first-order valence-corrected chi connectivity index (χ1v) is 6.75. The van der Waals surface area contributed by atoms with E-state index in [1.54, 1.807) is 0 Å². The smallest absolute Gasteiger partial charge is 0.129 e. The van der Waals surface area contributed by atoms with Crippen LogP contribution in [0, 0.1) is 5.82 Å². The van der Waals surface area contributed by atoms with Crippen molar-refractivity contribution in [2.24, 2.45) is 0 Å². The maximum absolute atomic E-state index is 14.0. The molecule has 1 nitrogen and oxygen atoms in total. The molecule has 2 rings (SSSR count). The largest absolute Gasteiger partial charge is 0.306 e. The summed E-state index contributed by atoms with van der Waals surface area (Å²) in [5, 5.41) is 3.32. The normalized spacial score (nSPS) is 12.4. The highest BCUT2D eigenvalue weighted by Gasteiger charge is 2.16. The van der Waals surface area contributed by atoms with Crippen molar-refractivity contribution in [3.8, 4) is 0 Å².